The number of ether oxygens (including phenoxy) is 1. The molecule has 0 aliphatic rings. The Labute approximate surface area is 136 Å². The fraction of sp³-hybridized carbons (Fsp3) is 0.333. The Balaban J connectivity index is 2.49. The molecule has 0 saturated carbocycles. The molecular formula is C15H15BrClFN2O. The molecule has 0 fully saturated rings. The van der Waals surface area contributed by atoms with E-state index in [4.69, 9.17) is 16.3 Å². The molecule has 0 radical (unpaired) electrons. The fourth-order valence-electron chi connectivity index (χ4n) is 1.92. The zero-order valence-corrected chi connectivity index (χ0v) is 14.3. The van der Waals surface area contributed by atoms with Crippen molar-refractivity contribution in [2.45, 2.75) is 20.3 Å². The van der Waals surface area contributed by atoms with Crippen molar-refractivity contribution in [1.29, 1.82) is 0 Å². The predicted octanol–water partition coefficient (Wildman–Crippen LogP) is 4.91. The topological polar surface area (TPSA) is 35.0 Å². The van der Waals surface area contributed by atoms with Crippen LogP contribution in [-0.2, 0) is 6.42 Å². The Morgan fingerprint density at radius 2 is 2.05 bits per heavy atom. The lowest BCUT2D eigenvalue weighted by Crippen LogP contribution is -2.03. The van der Waals surface area contributed by atoms with E-state index in [9.17, 15) is 4.39 Å². The molecule has 21 heavy (non-hydrogen) atoms. The summed E-state index contributed by atoms with van der Waals surface area (Å²) in [6, 6.07) is 4.60. The summed E-state index contributed by atoms with van der Waals surface area (Å²) in [6.07, 6.45) is 0.758. The van der Waals surface area contributed by atoms with Gasteiger partial charge in [-0.1, -0.05) is 25.4 Å². The highest BCUT2D eigenvalue weighted by Gasteiger charge is 2.14. The minimum atomic E-state index is -0.456. The zero-order valence-electron chi connectivity index (χ0n) is 12.0. The van der Waals surface area contributed by atoms with E-state index in [-0.39, 0.29) is 5.75 Å². The number of nitrogens with zero attached hydrogens (tertiary/aromatic N) is 2. The van der Waals surface area contributed by atoms with Gasteiger partial charge in [-0.2, -0.15) is 0 Å². The normalized spacial score (nSPS) is 11.0. The van der Waals surface area contributed by atoms with Crippen LogP contribution in [-0.4, -0.2) is 17.1 Å². The average Bonchev–Trinajstić information content (AvgIpc) is 2.43. The number of rotatable bonds is 4. The van der Waals surface area contributed by atoms with Gasteiger partial charge >= 0.3 is 0 Å². The Kier molecular flexibility index (Phi) is 5.17. The predicted molar refractivity (Wildman–Crippen MR) is 85.2 cm³/mol. The third-order valence-corrected chi connectivity index (χ3v) is 4.23. The number of methoxy groups -OCH3 is 1. The molecule has 3 nitrogen and oxygen atoms in total. The standard InChI is InChI=1S/C15H15BrClFN2O/c1-8(2)6-11-13(16)14(17)20-15(19-11)9-4-5-12(21-3)10(18)7-9/h4-5,7-8H,6H2,1-3H3. The van der Waals surface area contributed by atoms with Gasteiger partial charge in [-0.05, 0) is 46.5 Å². The van der Waals surface area contributed by atoms with Crippen molar-refractivity contribution in [2.75, 3.05) is 7.11 Å². The van der Waals surface area contributed by atoms with Gasteiger partial charge in [-0.15, -0.1) is 0 Å². The van der Waals surface area contributed by atoms with Crippen molar-refractivity contribution in [3.63, 3.8) is 0 Å². The minimum Gasteiger partial charge on any atom is -0.494 e. The second-order valence-electron chi connectivity index (χ2n) is 5.05. The van der Waals surface area contributed by atoms with Crippen LogP contribution >= 0.6 is 27.5 Å². The molecule has 2 rings (SSSR count). The van der Waals surface area contributed by atoms with E-state index in [1.165, 1.54) is 13.2 Å². The maximum Gasteiger partial charge on any atom is 0.165 e. The summed E-state index contributed by atoms with van der Waals surface area (Å²) >= 11 is 9.54. The third-order valence-electron chi connectivity index (χ3n) is 2.89. The molecule has 0 aliphatic carbocycles. The van der Waals surface area contributed by atoms with Crippen LogP contribution in [0.3, 0.4) is 0 Å². The van der Waals surface area contributed by atoms with Crippen LogP contribution in [0, 0.1) is 11.7 Å². The molecule has 1 aromatic heterocycles. The molecule has 6 heteroatoms. The van der Waals surface area contributed by atoms with E-state index in [0.29, 0.717) is 26.9 Å². The van der Waals surface area contributed by atoms with Gasteiger partial charge in [0.15, 0.2) is 17.4 Å². The summed E-state index contributed by atoms with van der Waals surface area (Å²) in [6.45, 7) is 4.18. The van der Waals surface area contributed by atoms with Crippen LogP contribution in [0.4, 0.5) is 4.39 Å². The van der Waals surface area contributed by atoms with Crippen molar-refractivity contribution in [1.82, 2.24) is 9.97 Å². The zero-order chi connectivity index (χ0) is 15.6. The summed E-state index contributed by atoms with van der Waals surface area (Å²) in [4.78, 5) is 8.70. The molecule has 0 atom stereocenters. The lowest BCUT2D eigenvalue weighted by Gasteiger charge is -2.11. The van der Waals surface area contributed by atoms with Crippen LogP contribution < -0.4 is 4.74 Å². The SMILES string of the molecule is COc1ccc(-c2nc(Cl)c(Br)c(CC(C)C)n2)cc1F. The van der Waals surface area contributed by atoms with E-state index < -0.39 is 5.82 Å². The molecule has 0 aliphatic heterocycles. The Morgan fingerprint density at radius 3 is 2.62 bits per heavy atom. The monoisotopic (exact) mass is 372 g/mol. The van der Waals surface area contributed by atoms with Crippen molar-refractivity contribution < 1.29 is 9.13 Å². The van der Waals surface area contributed by atoms with E-state index in [1.807, 2.05) is 0 Å². The molecule has 0 saturated heterocycles. The Hall–Kier alpha value is -1.20. The highest BCUT2D eigenvalue weighted by Crippen LogP contribution is 2.30. The van der Waals surface area contributed by atoms with E-state index in [1.54, 1.807) is 12.1 Å². The van der Waals surface area contributed by atoms with Crippen LogP contribution in [0.1, 0.15) is 19.5 Å². The van der Waals surface area contributed by atoms with E-state index in [0.717, 1.165) is 12.1 Å². The molecule has 0 unspecified atom stereocenters. The van der Waals surface area contributed by atoms with Gasteiger partial charge < -0.3 is 4.74 Å². The molecule has 112 valence electrons. The summed E-state index contributed by atoms with van der Waals surface area (Å²) < 4.78 is 19.4. The molecule has 0 amide bonds. The second-order valence-corrected chi connectivity index (χ2v) is 6.20. The highest BCUT2D eigenvalue weighted by molar-refractivity contribution is 9.10. The number of hydrogen-bond acceptors (Lipinski definition) is 3. The average molecular weight is 374 g/mol. The number of benzene rings is 1. The van der Waals surface area contributed by atoms with Crippen LogP contribution in [0.5, 0.6) is 5.75 Å². The van der Waals surface area contributed by atoms with E-state index >= 15 is 0 Å². The molecule has 2 aromatic rings. The summed E-state index contributed by atoms with van der Waals surface area (Å²) in [7, 11) is 1.42. The first-order chi connectivity index (χ1) is 9.92. The van der Waals surface area contributed by atoms with Crippen molar-refractivity contribution in [2.24, 2.45) is 5.92 Å². The molecule has 1 heterocycles. The lowest BCUT2D eigenvalue weighted by molar-refractivity contribution is 0.386. The second kappa shape index (κ2) is 6.71. The molecule has 1 aromatic carbocycles. The van der Waals surface area contributed by atoms with Gasteiger partial charge in [0.2, 0.25) is 0 Å². The lowest BCUT2D eigenvalue weighted by atomic mass is 10.1. The molecule has 0 bridgehead atoms. The summed E-state index contributed by atoms with van der Waals surface area (Å²) in [5.74, 6) is 0.556. The van der Waals surface area contributed by atoms with Crippen LogP contribution in [0.2, 0.25) is 5.15 Å². The quantitative estimate of drug-likeness (QED) is 0.715. The van der Waals surface area contributed by atoms with Gasteiger partial charge in [0.05, 0.1) is 17.3 Å². The first-order valence-electron chi connectivity index (χ1n) is 6.48. The van der Waals surface area contributed by atoms with Crippen molar-refractivity contribution in [3.05, 3.63) is 39.3 Å². The molecular weight excluding hydrogens is 359 g/mol. The number of aromatic nitrogens is 2. The summed E-state index contributed by atoms with van der Waals surface area (Å²) in [5.41, 5.74) is 1.38. The third kappa shape index (κ3) is 3.71. The Bertz CT molecular complexity index is 664. The highest BCUT2D eigenvalue weighted by atomic mass is 79.9. The van der Waals surface area contributed by atoms with E-state index in [2.05, 4.69) is 39.7 Å². The van der Waals surface area contributed by atoms with Crippen LogP contribution in [0.15, 0.2) is 22.7 Å². The maximum absolute atomic E-state index is 13.8. The Morgan fingerprint density at radius 1 is 1.33 bits per heavy atom. The summed E-state index contributed by atoms with van der Waals surface area (Å²) in [5, 5.41) is 0.326. The molecule has 0 N–H and O–H groups in total. The first-order valence-corrected chi connectivity index (χ1v) is 7.65. The van der Waals surface area contributed by atoms with Crippen LogP contribution in [0.25, 0.3) is 11.4 Å². The minimum absolute atomic E-state index is 0.185. The van der Waals surface area contributed by atoms with Gasteiger partial charge in [0, 0.05) is 5.56 Å². The van der Waals surface area contributed by atoms with Gasteiger partial charge in [0.1, 0.15) is 5.15 Å². The van der Waals surface area contributed by atoms with Gasteiger partial charge in [-0.25, -0.2) is 14.4 Å². The van der Waals surface area contributed by atoms with Gasteiger partial charge in [-0.3, -0.25) is 0 Å². The smallest absolute Gasteiger partial charge is 0.165 e. The first kappa shape index (κ1) is 16.2. The van der Waals surface area contributed by atoms with Gasteiger partial charge in [0.25, 0.3) is 0 Å². The maximum atomic E-state index is 13.8. The fourth-order valence-corrected chi connectivity index (χ4v) is 2.45. The van der Waals surface area contributed by atoms with Crippen molar-refractivity contribution in [3.8, 4) is 17.1 Å². The largest absolute Gasteiger partial charge is 0.494 e. The molecule has 0 spiro atoms. The van der Waals surface area contributed by atoms with Crippen molar-refractivity contribution >= 4 is 27.5 Å². The number of hydrogen-bond donors (Lipinski definition) is 0. The number of halogens is 3.